The summed E-state index contributed by atoms with van der Waals surface area (Å²) >= 11 is 0. The number of aromatic amines is 1. The minimum absolute atomic E-state index is 0.0876. The zero-order chi connectivity index (χ0) is 10.7. The van der Waals surface area contributed by atoms with Crippen LogP contribution < -0.4 is 5.73 Å². The smallest absolute Gasteiger partial charge is 0.204 e. The van der Waals surface area contributed by atoms with Gasteiger partial charge in [-0.05, 0) is 16.8 Å². The van der Waals surface area contributed by atoms with E-state index < -0.39 is 0 Å². The molecule has 15 heavy (non-hydrogen) atoms. The van der Waals surface area contributed by atoms with Gasteiger partial charge in [0.05, 0.1) is 12.6 Å². The zero-order valence-corrected chi connectivity index (χ0v) is 7.96. The molecule has 0 aliphatic heterocycles. The third kappa shape index (κ3) is 2.00. The topological polar surface area (TPSA) is 101 Å². The van der Waals surface area contributed by atoms with Gasteiger partial charge in [0.1, 0.15) is 0 Å². The van der Waals surface area contributed by atoms with Crippen molar-refractivity contribution < 1.29 is 5.11 Å². The van der Waals surface area contributed by atoms with Crippen LogP contribution in [0.3, 0.4) is 0 Å². The van der Waals surface area contributed by atoms with E-state index in [0.717, 1.165) is 11.1 Å². The fourth-order valence-corrected chi connectivity index (χ4v) is 1.30. The van der Waals surface area contributed by atoms with Gasteiger partial charge in [-0.25, -0.2) is 0 Å². The van der Waals surface area contributed by atoms with Crippen molar-refractivity contribution in [1.82, 2.24) is 20.6 Å². The molecule has 1 aromatic carbocycles. The molecule has 6 heteroatoms. The van der Waals surface area contributed by atoms with Crippen LogP contribution >= 0.6 is 0 Å². The Bertz CT molecular complexity index is 428. The first kappa shape index (κ1) is 9.75. The lowest BCUT2D eigenvalue weighted by molar-refractivity contribution is 0.268. The Kier molecular flexibility index (Phi) is 2.70. The first-order valence-corrected chi connectivity index (χ1v) is 4.51. The summed E-state index contributed by atoms with van der Waals surface area (Å²) in [7, 11) is 0. The van der Waals surface area contributed by atoms with E-state index in [9.17, 15) is 0 Å². The Labute approximate surface area is 86.1 Å². The third-order valence-corrected chi connectivity index (χ3v) is 2.12. The van der Waals surface area contributed by atoms with Crippen molar-refractivity contribution in [2.75, 3.05) is 6.61 Å². The molecule has 6 nitrogen and oxygen atoms in total. The van der Waals surface area contributed by atoms with Gasteiger partial charge < -0.3 is 10.8 Å². The highest BCUT2D eigenvalue weighted by molar-refractivity contribution is 5.55. The van der Waals surface area contributed by atoms with E-state index in [1.807, 2.05) is 24.3 Å². The summed E-state index contributed by atoms with van der Waals surface area (Å²) in [6.07, 6.45) is 0. The molecule has 0 saturated carbocycles. The van der Waals surface area contributed by atoms with Gasteiger partial charge in [-0.1, -0.05) is 18.2 Å². The van der Waals surface area contributed by atoms with Crippen LogP contribution in [0.15, 0.2) is 24.3 Å². The average Bonchev–Trinajstić information content (AvgIpc) is 2.82. The van der Waals surface area contributed by atoms with E-state index in [1.54, 1.807) is 0 Å². The molecule has 0 aliphatic rings. The SMILES string of the molecule is N[C@@H](CO)c1cccc(-c2nn[nH]n2)c1. The van der Waals surface area contributed by atoms with Gasteiger partial charge in [-0.2, -0.15) is 5.21 Å². The van der Waals surface area contributed by atoms with Gasteiger partial charge in [-0.15, -0.1) is 10.2 Å². The molecule has 2 rings (SSSR count). The Morgan fingerprint density at radius 3 is 3.00 bits per heavy atom. The zero-order valence-electron chi connectivity index (χ0n) is 7.96. The number of aliphatic hydroxyl groups excluding tert-OH is 1. The largest absolute Gasteiger partial charge is 0.394 e. The number of tetrazole rings is 1. The molecule has 0 bridgehead atoms. The van der Waals surface area contributed by atoms with Gasteiger partial charge in [0.15, 0.2) is 0 Å². The summed E-state index contributed by atoms with van der Waals surface area (Å²) in [5.41, 5.74) is 7.37. The van der Waals surface area contributed by atoms with Gasteiger partial charge in [-0.3, -0.25) is 0 Å². The fourth-order valence-electron chi connectivity index (χ4n) is 1.30. The van der Waals surface area contributed by atoms with Gasteiger partial charge in [0, 0.05) is 5.56 Å². The first-order valence-electron chi connectivity index (χ1n) is 4.51. The third-order valence-electron chi connectivity index (χ3n) is 2.12. The monoisotopic (exact) mass is 205 g/mol. The lowest BCUT2D eigenvalue weighted by Gasteiger charge is -2.08. The van der Waals surface area contributed by atoms with Crippen molar-refractivity contribution in [2.24, 2.45) is 5.73 Å². The van der Waals surface area contributed by atoms with Crippen molar-refractivity contribution in [1.29, 1.82) is 0 Å². The number of aromatic nitrogens is 4. The van der Waals surface area contributed by atoms with E-state index >= 15 is 0 Å². The summed E-state index contributed by atoms with van der Waals surface area (Å²) in [5.74, 6) is 0.516. The molecule has 0 spiro atoms. The molecule has 0 amide bonds. The number of hydrogen-bond donors (Lipinski definition) is 3. The van der Waals surface area contributed by atoms with Crippen LogP contribution in [0.1, 0.15) is 11.6 Å². The van der Waals surface area contributed by atoms with Crippen LogP contribution in [0.2, 0.25) is 0 Å². The lowest BCUT2D eigenvalue weighted by Crippen LogP contribution is -2.14. The van der Waals surface area contributed by atoms with Crippen LogP contribution in [0, 0.1) is 0 Å². The molecule has 0 saturated heterocycles. The molecule has 1 atom stereocenters. The van der Waals surface area contributed by atoms with Crippen molar-refractivity contribution in [3.8, 4) is 11.4 Å². The highest BCUT2D eigenvalue weighted by Gasteiger charge is 2.07. The Balaban J connectivity index is 2.35. The molecule has 2 aromatic rings. The highest BCUT2D eigenvalue weighted by atomic mass is 16.3. The standard InChI is InChI=1S/C9H11N5O/c10-8(5-15)6-2-1-3-7(4-6)9-11-13-14-12-9/h1-4,8,15H,5,10H2,(H,11,12,13,14)/t8-/m0/s1. The molecule has 0 fully saturated rings. The van der Waals surface area contributed by atoms with E-state index in [2.05, 4.69) is 20.6 Å². The van der Waals surface area contributed by atoms with Crippen LogP contribution in [0.25, 0.3) is 11.4 Å². The summed E-state index contributed by atoms with van der Waals surface area (Å²) < 4.78 is 0. The van der Waals surface area contributed by atoms with Crippen molar-refractivity contribution in [3.05, 3.63) is 29.8 Å². The second-order valence-electron chi connectivity index (χ2n) is 3.15. The quantitative estimate of drug-likeness (QED) is 0.647. The number of nitrogens with two attached hydrogens (primary N) is 1. The van der Waals surface area contributed by atoms with Crippen molar-refractivity contribution in [2.45, 2.75) is 6.04 Å². The Morgan fingerprint density at radius 2 is 2.33 bits per heavy atom. The molecule has 0 aliphatic carbocycles. The fraction of sp³-hybridized carbons (Fsp3) is 0.222. The molecule has 0 radical (unpaired) electrons. The summed E-state index contributed by atoms with van der Waals surface area (Å²) in [4.78, 5) is 0. The average molecular weight is 205 g/mol. The van der Waals surface area contributed by atoms with Crippen molar-refractivity contribution >= 4 is 0 Å². The molecule has 78 valence electrons. The number of nitrogens with zero attached hydrogens (tertiary/aromatic N) is 3. The number of rotatable bonds is 3. The van der Waals surface area contributed by atoms with Crippen LogP contribution in [0.4, 0.5) is 0 Å². The van der Waals surface area contributed by atoms with E-state index in [4.69, 9.17) is 10.8 Å². The molecular formula is C9H11N5O. The van der Waals surface area contributed by atoms with Gasteiger partial charge >= 0.3 is 0 Å². The molecule has 1 heterocycles. The molecule has 4 N–H and O–H groups in total. The number of aliphatic hydroxyl groups is 1. The normalized spacial score (nSPS) is 12.7. The molecule has 0 unspecified atom stereocenters. The van der Waals surface area contributed by atoms with E-state index in [0.29, 0.717) is 5.82 Å². The van der Waals surface area contributed by atoms with E-state index in [-0.39, 0.29) is 12.6 Å². The number of nitrogens with one attached hydrogen (secondary N) is 1. The van der Waals surface area contributed by atoms with Gasteiger partial charge in [0.2, 0.25) is 5.82 Å². The van der Waals surface area contributed by atoms with Crippen LogP contribution in [-0.4, -0.2) is 32.3 Å². The summed E-state index contributed by atoms with van der Waals surface area (Å²) in [5, 5.41) is 22.5. The Hall–Kier alpha value is -1.79. The maximum Gasteiger partial charge on any atom is 0.204 e. The second kappa shape index (κ2) is 4.16. The minimum Gasteiger partial charge on any atom is -0.394 e. The van der Waals surface area contributed by atoms with Crippen LogP contribution in [-0.2, 0) is 0 Å². The first-order chi connectivity index (χ1) is 7.31. The highest BCUT2D eigenvalue weighted by Crippen LogP contribution is 2.18. The maximum atomic E-state index is 8.93. The number of hydrogen-bond acceptors (Lipinski definition) is 5. The molecule has 1 aromatic heterocycles. The van der Waals surface area contributed by atoms with Crippen LogP contribution in [0.5, 0.6) is 0 Å². The molecular weight excluding hydrogens is 194 g/mol. The number of H-pyrrole nitrogens is 1. The predicted molar refractivity (Wildman–Crippen MR) is 53.6 cm³/mol. The summed E-state index contributed by atoms with van der Waals surface area (Å²) in [6, 6.07) is 7.02. The lowest BCUT2D eigenvalue weighted by atomic mass is 10.1. The van der Waals surface area contributed by atoms with E-state index in [1.165, 1.54) is 0 Å². The summed E-state index contributed by atoms with van der Waals surface area (Å²) in [6.45, 7) is -0.0876. The van der Waals surface area contributed by atoms with Gasteiger partial charge in [0.25, 0.3) is 0 Å². The predicted octanol–water partition coefficient (Wildman–Crippen LogP) is -0.141. The Morgan fingerprint density at radius 1 is 1.47 bits per heavy atom. The number of benzene rings is 1. The maximum absolute atomic E-state index is 8.93. The second-order valence-corrected chi connectivity index (χ2v) is 3.15. The van der Waals surface area contributed by atoms with Crippen molar-refractivity contribution in [3.63, 3.8) is 0 Å². The minimum atomic E-state index is -0.378.